The number of carbonyl (C=O) groups excluding carboxylic acids is 2. The highest BCUT2D eigenvalue weighted by atomic mass is 32.1. The minimum atomic E-state index is -0.210. The lowest BCUT2D eigenvalue weighted by molar-refractivity contribution is -0.126. The molecule has 1 atom stereocenters. The predicted molar refractivity (Wildman–Crippen MR) is 124 cm³/mol. The first kappa shape index (κ1) is 22.0. The third kappa shape index (κ3) is 5.13. The molecule has 7 nitrogen and oxygen atoms in total. The number of phenolic OH excluding ortho intramolecular Hbond substituents is 1. The summed E-state index contributed by atoms with van der Waals surface area (Å²) in [4.78, 5) is 37.0. The number of pyridine rings is 1. The highest BCUT2D eigenvalue weighted by Gasteiger charge is 2.30. The average molecular weight is 451 g/mol. The maximum atomic E-state index is 13.2. The Labute approximate surface area is 191 Å². The molecule has 2 N–H and O–H groups in total. The van der Waals surface area contributed by atoms with Gasteiger partial charge in [-0.2, -0.15) is 0 Å². The number of aryl methyl sites for hydroxylation is 1. The number of piperidine rings is 1. The molecule has 0 spiro atoms. The summed E-state index contributed by atoms with van der Waals surface area (Å²) in [6, 6.07) is 10.8. The maximum absolute atomic E-state index is 13.2. The third-order valence-corrected chi connectivity index (χ3v) is 6.82. The highest BCUT2D eigenvalue weighted by Crippen LogP contribution is 2.29. The van der Waals surface area contributed by atoms with Crippen LogP contribution in [0.1, 0.15) is 33.8 Å². The monoisotopic (exact) mass is 450 g/mol. The van der Waals surface area contributed by atoms with Gasteiger partial charge in [0.15, 0.2) is 0 Å². The van der Waals surface area contributed by atoms with E-state index in [-0.39, 0.29) is 23.5 Å². The summed E-state index contributed by atoms with van der Waals surface area (Å²) in [5, 5.41) is 13.1. The van der Waals surface area contributed by atoms with Crippen LogP contribution in [0.5, 0.6) is 5.75 Å². The number of thiazole rings is 1. The van der Waals surface area contributed by atoms with Gasteiger partial charge in [0, 0.05) is 37.6 Å². The lowest BCUT2D eigenvalue weighted by Gasteiger charge is -2.31. The molecule has 3 aromatic rings. The van der Waals surface area contributed by atoms with Crippen LogP contribution in [-0.4, -0.2) is 51.4 Å². The Morgan fingerprint density at radius 2 is 2.06 bits per heavy atom. The molecular formula is C24H26N4O3S. The van der Waals surface area contributed by atoms with Gasteiger partial charge < -0.3 is 15.3 Å². The molecule has 0 saturated carbocycles. The molecule has 2 amide bonds. The van der Waals surface area contributed by atoms with Crippen LogP contribution in [-0.2, 0) is 11.2 Å². The molecule has 0 aliphatic carbocycles. The van der Waals surface area contributed by atoms with Crippen LogP contribution >= 0.6 is 11.3 Å². The van der Waals surface area contributed by atoms with Gasteiger partial charge in [0.1, 0.15) is 15.6 Å². The molecule has 3 heterocycles. The van der Waals surface area contributed by atoms with Gasteiger partial charge in [0.25, 0.3) is 5.91 Å². The molecule has 0 radical (unpaired) electrons. The minimum Gasteiger partial charge on any atom is -0.508 e. The van der Waals surface area contributed by atoms with E-state index in [1.165, 1.54) is 11.3 Å². The molecule has 8 heteroatoms. The van der Waals surface area contributed by atoms with Crippen molar-refractivity contribution >= 4 is 23.2 Å². The Balaban J connectivity index is 1.35. The number of hydrogen-bond donors (Lipinski definition) is 2. The van der Waals surface area contributed by atoms with Gasteiger partial charge in [-0.05, 0) is 56.0 Å². The van der Waals surface area contributed by atoms with Crippen LogP contribution in [0.4, 0.5) is 0 Å². The van der Waals surface area contributed by atoms with Crippen molar-refractivity contribution in [1.82, 2.24) is 20.2 Å². The van der Waals surface area contributed by atoms with E-state index in [9.17, 15) is 14.7 Å². The Morgan fingerprint density at radius 1 is 1.25 bits per heavy atom. The Kier molecular flexibility index (Phi) is 6.80. The van der Waals surface area contributed by atoms with Gasteiger partial charge >= 0.3 is 0 Å². The number of aromatic nitrogens is 2. The van der Waals surface area contributed by atoms with Gasteiger partial charge in [-0.3, -0.25) is 14.6 Å². The first-order valence-corrected chi connectivity index (χ1v) is 11.6. The van der Waals surface area contributed by atoms with E-state index in [0.717, 1.165) is 29.0 Å². The number of aromatic hydroxyl groups is 1. The van der Waals surface area contributed by atoms with E-state index in [0.29, 0.717) is 36.6 Å². The smallest absolute Gasteiger partial charge is 0.265 e. The Bertz CT molecular complexity index is 1080. The van der Waals surface area contributed by atoms with E-state index < -0.39 is 0 Å². The van der Waals surface area contributed by atoms with Crippen molar-refractivity contribution in [2.24, 2.45) is 5.92 Å². The van der Waals surface area contributed by atoms with Crippen molar-refractivity contribution in [3.05, 3.63) is 64.9 Å². The van der Waals surface area contributed by atoms with E-state index in [1.807, 2.05) is 31.2 Å². The second-order valence-electron chi connectivity index (χ2n) is 7.97. The zero-order valence-electron chi connectivity index (χ0n) is 18.0. The standard InChI is InChI=1S/C24H26N4O3S/c1-16-21(32-23(27-16)18-4-2-11-25-14-18)24(31)28-13-3-5-19(15-28)22(30)26-12-10-17-6-8-20(29)9-7-17/h2,4,6-9,11,14,19,29H,3,5,10,12-13,15H2,1H3,(H,26,30). The Hall–Kier alpha value is -3.26. The lowest BCUT2D eigenvalue weighted by Crippen LogP contribution is -2.45. The number of benzene rings is 1. The van der Waals surface area contributed by atoms with Crippen LogP contribution < -0.4 is 5.32 Å². The topological polar surface area (TPSA) is 95.4 Å². The summed E-state index contributed by atoms with van der Waals surface area (Å²) in [6.45, 7) is 3.44. The number of nitrogens with one attached hydrogen (secondary N) is 1. The first-order chi connectivity index (χ1) is 15.5. The third-order valence-electron chi connectivity index (χ3n) is 5.63. The van der Waals surface area contributed by atoms with E-state index in [1.54, 1.807) is 29.4 Å². The molecule has 1 unspecified atom stereocenters. The van der Waals surface area contributed by atoms with Crippen LogP contribution in [0.25, 0.3) is 10.6 Å². The average Bonchev–Trinajstić information content (AvgIpc) is 3.22. The predicted octanol–water partition coefficient (Wildman–Crippen LogP) is 3.43. The quantitative estimate of drug-likeness (QED) is 0.600. The van der Waals surface area contributed by atoms with E-state index >= 15 is 0 Å². The summed E-state index contributed by atoms with van der Waals surface area (Å²) in [5.41, 5.74) is 2.65. The van der Waals surface area contributed by atoms with Crippen molar-refractivity contribution in [2.45, 2.75) is 26.2 Å². The molecule has 1 aromatic carbocycles. The minimum absolute atomic E-state index is 0.0154. The fraction of sp³-hybridized carbons (Fsp3) is 0.333. The van der Waals surface area contributed by atoms with Crippen molar-refractivity contribution in [2.75, 3.05) is 19.6 Å². The molecule has 1 aliphatic rings. The van der Waals surface area contributed by atoms with Crippen molar-refractivity contribution in [3.8, 4) is 16.3 Å². The van der Waals surface area contributed by atoms with Gasteiger partial charge in [-0.25, -0.2) is 4.98 Å². The van der Waals surface area contributed by atoms with Crippen molar-refractivity contribution in [1.29, 1.82) is 0 Å². The molecule has 0 bridgehead atoms. The second-order valence-corrected chi connectivity index (χ2v) is 8.97. The molecule has 32 heavy (non-hydrogen) atoms. The highest BCUT2D eigenvalue weighted by molar-refractivity contribution is 7.17. The summed E-state index contributed by atoms with van der Waals surface area (Å²) in [5.74, 6) is -0.0536. The van der Waals surface area contributed by atoms with E-state index in [2.05, 4.69) is 15.3 Å². The summed E-state index contributed by atoms with van der Waals surface area (Å²) < 4.78 is 0. The number of amides is 2. The van der Waals surface area contributed by atoms with Crippen LogP contribution in [0.2, 0.25) is 0 Å². The number of phenols is 1. The molecule has 1 fully saturated rings. The lowest BCUT2D eigenvalue weighted by atomic mass is 9.96. The van der Waals surface area contributed by atoms with Gasteiger partial charge in [-0.1, -0.05) is 12.1 Å². The number of carbonyl (C=O) groups is 2. The SMILES string of the molecule is Cc1nc(-c2cccnc2)sc1C(=O)N1CCCC(C(=O)NCCc2ccc(O)cc2)C1. The first-order valence-electron chi connectivity index (χ1n) is 10.7. The second kappa shape index (κ2) is 9.91. The molecule has 2 aromatic heterocycles. The number of likely N-dealkylation sites (tertiary alicyclic amines) is 1. The number of hydrogen-bond acceptors (Lipinski definition) is 6. The van der Waals surface area contributed by atoms with Gasteiger partial charge in [-0.15, -0.1) is 11.3 Å². The molecule has 4 rings (SSSR count). The largest absolute Gasteiger partial charge is 0.508 e. The summed E-state index contributed by atoms with van der Waals surface area (Å²) >= 11 is 1.38. The number of rotatable bonds is 6. The zero-order chi connectivity index (χ0) is 22.5. The molecule has 1 saturated heterocycles. The van der Waals surface area contributed by atoms with Crippen LogP contribution in [0, 0.1) is 12.8 Å². The van der Waals surface area contributed by atoms with Crippen molar-refractivity contribution in [3.63, 3.8) is 0 Å². The maximum Gasteiger partial charge on any atom is 0.265 e. The fourth-order valence-electron chi connectivity index (χ4n) is 3.86. The number of nitrogens with zero attached hydrogens (tertiary/aromatic N) is 3. The van der Waals surface area contributed by atoms with Gasteiger partial charge in [0.2, 0.25) is 5.91 Å². The molecule has 1 aliphatic heterocycles. The normalized spacial score (nSPS) is 16.0. The zero-order valence-corrected chi connectivity index (χ0v) is 18.8. The Morgan fingerprint density at radius 3 is 2.81 bits per heavy atom. The van der Waals surface area contributed by atoms with Crippen LogP contribution in [0.15, 0.2) is 48.8 Å². The van der Waals surface area contributed by atoms with Gasteiger partial charge in [0.05, 0.1) is 11.6 Å². The molecular weight excluding hydrogens is 424 g/mol. The fourth-order valence-corrected chi connectivity index (χ4v) is 4.89. The molecule has 166 valence electrons. The summed E-state index contributed by atoms with van der Waals surface area (Å²) in [7, 11) is 0. The van der Waals surface area contributed by atoms with Crippen LogP contribution in [0.3, 0.4) is 0 Å². The summed E-state index contributed by atoms with van der Waals surface area (Å²) in [6.07, 6.45) is 5.72. The van der Waals surface area contributed by atoms with E-state index in [4.69, 9.17) is 0 Å². The van der Waals surface area contributed by atoms with Crippen molar-refractivity contribution < 1.29 is 14.7 Å².